The molecule has 30 heavy (non-hydrogen) atoms. The molecule has 0 radical (unpaired) electrons. The van der Waals surface area contributed by atoms with Crippen LogP contribution in [0, 0.1) is 13.8 Å². The molecule has 0 aliphatic heterocycles. The molecular formula is C22H17ClN4O2S. The number of halogens is 1. The van der Waals surface area contributed by atoms with Crippen molar-refractivity contribution in [1.82, 2.24) is 14.5 Å². The topological polar surface area (TPSA) is 76.9 Å². The van der Waals surface area contributed by atoms with Gasteiger partial charge in [-0.1, -0.05) is 23.7 Å². The van der Waals surface area contributed by atoms with E-state index in [2.05, 4.69) is 15.3 Å². The molecule has 0 spiro atoms. The summed E-state index contributed by atoms with van der Waals surface area (Å²) in [5.41, 5.74) is 4.22. The average molecular weight is 437 g/mol. The first-order chi connectivity index (χ1) is 14.4. The highest BCUT2D eigenvalue weighted by Crippen LogP contribution is 2.27. The van der Waals surface area contributed by atoms with Crippen molar-refractivity contribution in [2.45, 2.75) is 13.8 Å². The van der Waals surface area contributed by atoms with Gasteiger partial charge in [-0.3, -0.25) is 24.5 Å². The Kier molecular flexibility index (Phi) is 5.48. The number of aryl methyl sites for hydroxylation is 1. The number of aromatic nitrogens is 3. The molecule has 4 rings (SSSR count). The first-order valence-electron chi connectivity index (χ1n) is 9.11. The molecule has 0 aliphatic rings. The number of para-hydroxylation sites is 1. The predicted molar refractivity (Wildman–Crippen MR) is 120 cm³/mol. The summed E-state index contributed by atoms with van der Waals surface area (Å²) in [6, 6.07) is 11.7. The summed E-state index contributed by atoms with van der Waals surface area (Å²) in [7, 11) is 0. The maximum absolute atomic E-state index is 12.8. The van der Waals surface area contributed by atoms with E-state index in [1.807, 2.05) is 25.3 Å². The quantitative estimate of drug-likeness (QED) is 0.494. The van der Waals surface area contributed by atoms with Crippen LogP contribution in [0.3, 0.4) is 0 Å². The van der Waals surface area contributed by atoms with Gasteiger partial charge >= 0.3 is 0 Å². The number of hydrogen-bond acceptors (Lipinski definition) is 5. The third kappa shape index (κ3) is 3.90. The van der Waals surface area contributed by atoms with E-state index in [1.165, 1.54) is 34.2 Å². The Balaban J connectivity index is 1.60. The van der Waals surface area contributed by atoms with Crippen LogP contribution in [0.5, 0.6) is 0 Å². The van der Waals surface area contributed by atoms with Gasteiger partial charge in [0, 0.05) is 23.8 Å². The molecule has 0 saturated carbocycles. The third-order valence-corrected chi connectivity index (χ3v) is 5.80. The summed E-state index contributed by atoms with van der Waals surface area (Å²) in [4.78, 5) is 33.9. The average Bonchev–Trinajstić information content (AvgIpc) is 3.19. The summed E-state index contributed by atoms with van der Waals surface area (Å²) in [5.74, 6) is -0.370. The summed E-state index contributed by atoms with van der Waals surface area (Å²) in [6.45, 7) is 4.01. The van der Waals surface area contributed by atoms with E-state index in [1.54, 1.807) is 30.5 Å². The van der Waals surface area contributed by atoms with E-state index in [0.29, 0.717) is 27.1 Å². The molecule has 4 aromatic rings. The van der Waals surface area contributed by atoms with Crippen molar-refractivity contribution in [2.75, 3.05) is 5.32 Å². The van der Waals surface area contributed by atoms with Crippen LogP contribution in [0.25, 0.3) is 17.1 Å². The van der Waals surface area contributed by atoms with Crippen LogP contribution >= 0.6 is 22.9 Å². The number of amides is 1. The van der Waals surface area contributed by atoms with E-state index in [0.717, 1.165) is 16.8 Å². The molecule has 1 aromatic carbocycles. The van der Waals surface area contributed by atoms with Gasteiger partial charge in [0.25, 0.3) is 11.5 Å². The Bertz CT molecular complexity index is 1310. The van der Waals surface area contributed by atoms with Crippen molar-refractivity contribution in [3.8, 4) is 17.1 Å². The van der Waals surface area contributed by atoms with Crippen LogP contribution in [-0.2, 0) is 0 Å². The predicted octanol–water partition coefficient (Wildman–Crippen LogP) is 4.88. The van der Waals surface area contributed by atoms with Crippen LogP contribution in [-0.4, -0.2) is 20.4 Å². The molecule has 0 bridgehead atoms. The number of rotatable bonds is 4. The van der Waals surface area contributed by atoms with Gasteiger partial charge in [-0.15, -0.1) is 11.3 Å². The number of thiazole rings is 1. The van der Waals surface area contributed by atoms with Gasteiger partial charge in [0.05, 0.1) is 22.0 Å². The Labute approximate surface area is 181 Å². The van der Waals surface area contributed by atoms with Gasteiger partial charge < -0.3 is 0 Å². The Hall–Kier alpha value is -3.29. The molecule has 1 N–H and O–H groups in total. The number of nitrogens with one attached hydrogen (secondary N) is 1. The third-order valence-electron chi connectivity index (χ3n) is 4.73. The monoisotopic (exact) mass is 436 g/mol. The summed E-state index contributed by atoms with van der Waals surface area (Å²) < 4.78 is 1.35. The first kappa shape index (κ1) is 20.0. The molecule has 8 heteroatoms. The number of pyridine rings is 2. The molecule has 0 fully saturated rings. The zero-order valence-corrected chi connectivity index (χ0v) is 17.8. The highest BCUT2D eigenvalue weighted by Gasteiger charge is 2.14. The van der Waals surface area contributed by atoms with Crippen molar-refractivity contribution in [1.29, 1.82) is 0 Å². The van der Waals surface area contributed by atoms with Gasteiger partial charge in [-0.05, 0) is 49.2 Å². The summed E-state index contributed by atoms with van der Waals surface area (Å²) in [5, 5.41) is 5.51. The SMILES string of the molecule is Cc1ccnc(-c2csc(NC(=O)c3ccc(=O)n(-c4ccccc4Cl)c3)n2)c1C. The molecule has 1 amide bonds. The van der Waals surface area contributed by atoms with E-state index in [-0.39, 0.29) is 11.5 Å². The minimum atomic E-state index is -0.370. The van der Waals surface area contributed by atoms with Gasteiger partial charge in [0.15, 0.2) is 5.13 Å². The minimum absolute atomic E-state index is 0.280. The van der Waals surface area contributed by atoms with E-state index in [9.17, 15) is 9.59 Å². The number of benzene rings is 1. The zero-order valence-electron chi connectivity index (χ0n) is 16.2. The molecule has 0 unspecified atom stereocenters. The number of anilines is 1. The van der Waals surface area contributed by atoms with E-state index >= 15 is 0 Å². The number of hydrogen-bond donors (Lipinski definition) is 1. The second kappa shape index (κ2) is 8.22. The fraction of sp³-hybridized carbons (Fsp3) is 0.0909. The van der Waals surface area contributed by atoms with Crippen molar-refractivity contribution in [2.24, 2.45) is 0 Å². The van der Waals surface area contributed by atoms with Crippen LogP contribution < -0.4 is 10.9 Å². The van der Waals surface area contributed by atoms with Gasteiger partial charge in [0.2, 0.25) is 0 Å². The van der Waals surface area contributed by atoms with Crippen molar-refractivity contribution in [3.05, 3.63) is 92.3 Å². The maximum atomic E-state index is 12.8. The standard InChI is InChI=1S/C22H17ClN4O2S/c1-13-9-10-24-20(14(13)2)17-12-30-22(25-17)26-21(29)15-7-8-19(28)27(11-15)18-6-4-3-5-16(18)23/h3-12H,1-2H3,(H,25,26,29). The van der Waals surface area contributed by atoms with Crippen LogP contribution in [0.15, 0.2) is 65.0 Å². The van der Waals surface area contributed by atoms with Crippen molar-refractivity contribution in [3.63, 3.8) is 0 Å². The lowest BCUT2D eigenvalue weighted by molar-refractivity contribution is 0.102. The minimum Gasteiger partial charge on any atom is -0.298 e. The smallest absolute Gasteiger partial charge is 0.258 e. The fourth-order valence-corrected chi connectivity index (χ4v) is 3.87. The molecule has 6 nitrogen and oxygen atoms in total. The zero-order chi connectivity index (χ0) is 21.3. The Morgan fingerprint density at radius 3 is 2.73 bits per heavy atom. The lowest BCUT2D eigenvalue weighted by Gasteiger charge is -2.09. The highest BCUT2D eigenvalue weighted by atomic mass is 35.5. The fourth-order valence-electron chi connectivity index (χ4n) is 2.96. The van der Waals surface area contributed by atoms with Crippen LogP contribution in [0.1, 0.15) is 21.5 Å². The summed E-state index contributed by atoms with van der Waals surface area (Å²) >= 11 is 7.52. The van der Waals surface area contributed by atoms with E-state index in [4.69, 9.17) is 11.6 Å². The molecule has 3 aromatic heterocycles. The highest BCUT2D eigenvalue weighted by molar-refractivity contribution is 7.14. The molecule has 150 valence electrons. The molecule has 0 saturated heterocycles. The lowest BCUT2D eigenvalue weighted by Crippen LogP contribution is -2.21. The molecule has 0 atom stereocenters. The van der Waals surface area contributed by atoms with Crippen molar-refractivity contribution < 1.29 is 4.79 Å². The second-order valence-corrected chi connectivity index (χ2v) is 7.94. The van der Waals surface area contributed by atoms with Crippen molar-refractivity contribution >= 4 is 34.0 Å². The lowest BCUT2D eigenvalue weighted by atomic mass is 10.1. The molecule has 3 heterocycles. The first-order valence-corrected chi connectivity index (χ1v) is 10.4. The normalized spacial score (nSPS) is 10.8. The maximum Gasteiger partial charge on any atom is 0.258 e. The Morgan fingerprint density at radius 2 is 1.93 bits per heavy atom. The van der Waals surface area contributed by atoms with Gasteiger partial charge in [-0.2, -0.15) is 0 Å². The Morgan fingerprint density at radius 1 is 1.13 bits per heavy atom. The number of carbonyl (C=O) groups excluding carboxylic acids is 1. The summed E-state index contributed by atoms with van der Waals surface area (Å²) in [6.07, 6.45) is 3.22. The van der Waals surface area contributed by atoms with Crippen LogP contribution in [0.4, 0.5) is 5.13 Å². The van der Waals surface area contributed by atoms with E-state index < -0.39 is 0 Å². The number of carbonyl (C=O) groups is 1. The molecular weight excluding hydrogens is 420 g/mol. The van der Waals surface area contributed by atoms with Gasteiger partial charge in [-0.25, -0.2) is 4.98 Å². The largest absolute Gasteiger partial charge is 0.298 e. The van der Waals surface area contributed by atoms with Gasteiger partial charge in [0.1, 0.15) is 5.69 Å². The van der Waals surface area contributed by atoms with Crippen LogP contribution in [0.2, 0.25) is 5.02 Å². The number of nitrogens with zero attached hydrogens (tertiary/aromatic N) is 3. The molecule has 0 aliphatic carbocycles. The second-order valence-electron chi connectivity index (χ2n) is 6.67.